The fraction of sp³-hybridized carbons (Fsp3) is 0.387. The van der Waals surface area contributed by atoms with Crippen molar-refractivity contribution in [2.24, 2.45) is 0 Å². The number of nitrogens with zero attached hydrogens (tertiary/aromatic N) is 1. The molecule has 3 N–H and O–H groups in total. The van der Waals surface area contributed by atoms with Crippen LogP contribution in [0.25, 0.3) is 0 Å². The molecule has 3 aromatic rings. The van der Waals surface area contributed by atoms with Crippen molar-refractivity contribution in [3.05, 3.63) is 101 Å². The summed E-state index contributed by atoms with van der Waals surface area (Å²) in [6, 6.07) is 25.2. The van der Waals surface area contributed by atoms with E-state index in [-0.39, 0.29) is 24.8 Å². The zero-order chi connectivity index (χ0) is 26.2. The molecular weight excluding hydrogens is 478 g/mol. The summed E-state index contributed by atoms with van der Waals surface area (Å²) in [6.07, 6.45) is 4.03. The van der Waals surface area contributed by atoms with E-state index in [0.29, 0.717) is 12.2 Å². The van der Waals surface area contributed by atoms with Crippen LogP contribution in [0.4, 0.5) is 10.5 Å². The number of rotatable bonds is 8. The number of anilines is 1. The maximum Gasteiger partial charge on any atom is 0.319 e. The number of ether oxygens (including phenoxy) is 2. The molecule has 2 aliphatic rings. The molecule has 38 heavy (non-hydrogen) atoms. The highest BCUT2D eigenvalue weighted by atomic mass is 16.7. The molecule has 0 aliphatic carbocycles. The molecule has 0 saturated carbocycles. The van der Waals surface area contributed by atoms with E-state index in [4.69, 9.17) is 9.47 Å². The van der Waals surface area contributed by atoms with E-state index in [0.717, 1.165) is 48.3 Å². The van der Waals surface area contributed by atoms with Crippen LogP contribution in [0.3, 0.4) is 0 Å². The summed E-state index contributed by atoms with van der Waals surface area (Å²) < 4.78 is 12.9. The van der Waals surface area contributed by atoms with E-state index in [1.54, 1.807) is 0 Å². The molecule has 3 atom stereocenters. The van der Waals surface area contributed by atoms with Crippen LogP contribution < -0.4 is 10.6 Å². The minimum atomic E-state index is -0.498. The number of aliphatic hydroxyl groups is 1. The number of carbonyl (C=O) groups is 1. The predicted octanol–water partition coefficient (Wildman–Crippen LogP) is 5.53. The third-order valence-electron chi connectivity index (χ3n) is 7.26. The highest BCUT2D eigenvalue weighted by Gasteiger charge is 2.33. The topological polar surface area (TPSA) is 83.1 Å². The molecule has 0 aromatic heterocycles. The smallest absolute Gasteiger partial charge is 0.319 e. The van der Waals surface area contributed by atoms with Crippen molar-refractivity contribution in [2.45, 2.75) is 57.3 Å². The molecule has 2 aliphatic heterocycles. The van der Waals surface area contributed by atoms with E-state index in [9.17, 15) is 9.90 Å². The Balaban J connectivity index is 1.24. The summed E-state index contributed by atoms with van der Waals surface area (Å²) in [5.74, 6) is 0. The summed E-state index contributed by atoms with van der Waals surface area (Å²) in [5, 5.41) is 15.2. The van der Waals surface area contributed by atoms with Crippen molar-refractivity contribution in [1.29, 1.82) is 0 Å². The Morgan fingerprint density at radius 1 is 0.842 bits per heavy atom. The van der Waals surface area contributed by atoms with Crippen LogP contribution in [0.5, 0.6) is 0 Å². The molecule has 2 saturated heterocycles. The lowest BCUT2D eigenvalue weighted by Crippen LogP contribution is -2.41. The third-order valence-corrected chi connectivity index (χ3v) is 7.26. The Hall–Kier alpha value is -3.23. The second-order valence-electron chi connectivity index (χ2n) is 10.1. The minimum absolute atomic E-state index is 0.0276. The number of nitrogens with one attached hydrogen (secondary N) is 2. The van der Waals surface area contributed by atoms with Gasteiger partial charge in [0.05, 0.1) is 18.8 Å². The molecule has 0 spiro atoms. The molecule has 3 aromatic carbocycles. The molecule has 5 rings (SSSR count). The lowest BCUT2D eigenvalue weighted by molar-refractivity contribution is -0.253. The fourth-order valence-corrected chi connectivity index (χ4v) is 5.14. The zero-order valence-electron chi connectivity index (χ0n) is 21.7. The number of hydrogen-bond donors (Lipinski definition) is 3. The van der Waals surface area contributed by atoms with Gasteiger partial charge in [-0.05, 0) is 54.8 Å². The van der Waals surface area contributed by atoms with Crippen molar-refractivity contribution in [2.75, 3.05) is 25.0 Å². The average molecular weight is 516 g/mol. The van der Waals surface area contributed by atoms with Gasteiger partial charge in [-0.15, -0.1) is 0 Å². The predicted molar refractivity (Wildman–Crippen MR) is 147 cm³/mol. The number of carbonyl (C=O) groups excluding carboxylic acids is 1. The first-order valence-corrected chi connectivity index (χ1v) is 13.6. The number of urea groups is 1. The molecule has 2 heterocycles. The molecule has 200 valence electrons. The molecule has 0 radical (unpaired) electrons. The van der Waals surface area contributed by atoms with Crippen LogP contribution in [0.2, 0.25) is 0 Å². The standard InChI is InChI=1S/C31H37N3O4/c35-22-24-9-11-25(12-10-24)29-19-28(21-34-17-5-2-6-18-34)37-30(38-29)26-13-15-27(16-14-26)33-31(36)32-20-23-7-3-1-4-8-23/h1,3-4,7-16,28-30,35H,2,5-6,17-22H2,(H2,32,33,36). The van der Waals surface area contributed by atoms with Crippen LogP contribution >= 0.6 is 0 Å². The summed E-state index contributed by atoms with van der Waals surface area (Å²) in [5.41, 5.74) is 4.64. The largest absolute Gasteiger partial charge is 0.392 e. The van der Waals surface area contributed by atoms with Gasteiger partial charge in [0.25, 0.3) is 0 Å². The summed E-state index contributed by atoms with van der Waals surface area (Å²) in [4.78, 5) is 14.9. The highest BCUT2D eigenvalue weighted by Crippen LogP contribution is 2.38. The Bertz CT molecular complexity index is 1150. The van der Waals surface area contributed by atoms with Gasteiger partial charge in [0.1, 0.15) is 0 Å². The zero-order valence-corrected chi connectivity index (χ0v) is 21.7. The molecule has 3 unspecified atom stereocenters. The lowest BCUT2D eigenvalue weighted by atomic mass is 9.99. The Kier molecular flexibility index (Phi) is 9.04. The highest BCUT2D eigenvalue weighted by molar-refractivity contribution is 5.89. The van der Waals surface area contributed by atoms with Gasteiger partial charge in [-0.3, -0.25) is 0 Å². The number of hydrogen-bond acceptors (Lipinski definition) is 5. The van der Waals surface area contributed by atoms with Gasteiger partial charge in [-0.25, -0.2) is 4.79 Å². The van der Waals surface area contributed by atoms with Crippen molar-refractivity contribution < 1.29 is 19.4 Å². The van der Waals surface area contributed by atoms with E-state index in [1.165, 1.54) is 19.3 Å². The van der Waals surface area contributed by atoms with Crippen molar-refractivity contribution in [3.8, 4) is 0 Å². The molecule has 2 fully saturated rings. The maximum absolute atomic E-state index is 12.4. The molecule has 0 bridgehead atoms. The molecule has 7 nitrogen and oxygen atoms in total. The van der Waals surface area contributed by atoms with Crippen LogP contribution in [-0.2, 0) is 22.6 Å². The molecule has 7 heteroatoms. The Labute approximate surface area is 224 Å². The van der Waals surface area contributed by atoms with Crippen molar-refractivity contribution in [1.82, 2.24) is 10.2 Å². The van der Waals surface area contributed by atoms with Gasteiger partial charge in [-0.1, -0.05) is 73.2 Å². The minimum Gasteiger partial charge on any atom is -0.392 e. The molecular formula is C31H37N3O4. The maximum atomic E-state index is 12.4. The second-order valence-corrected chi connectivity index (χ2v) is 10.1. The molecule has 2 amide bonds. The van der Waals surface area contributed by atoms with Crippen LogP contribution in [-0.4, -0.2) is 41.8 Å². The Morgan fingerprint density at radius 2 is 1.55 bits per heavy atom. The van der Waals surface area contributed by atoms with E-state index < -0.39 is 6.29 Å². The number of benzene rings is 3. The van der Waals surface area contributed by atoms with Crippen molar-refractivity contribution >= 4 is 11.7 Å². The number of piperidine rings is 1. The van der Waals surface area contributed by atoms with Gasteiger partial charge in [-0.2, -0.15) is 0 Å². The van der Waals surface area contributed by atoms with E-state index in [2.05, 4.69) is 15.5 Å². The van der Waals surface area contributed by atoms with E-state index in [1.807, 2.05) is 78.9 Å². The summed E-state index contributed by atoms with van der Waals surface area (Å²) in [6.45, 7) is 3.63. The number of amides is 2. The Morgan fingerprint density at radius 3 is 2.26 bits per heavy atom. The van der Waals surface area contributed by atoms with E-state index >= 15 is 0 Å². The number of likely N-dealkylation sites (tertiary alicyclic amines) is 1. The van der Waals surface area contributed by atoms with Gasteiger partial charge in [0.15, 0.2) is 6.29 Å². The quantitative estimate of drug-likeness (QED) is 0.367. The van der Waals surface area contributed by atoms with Crippen LogP contribution in [0, 0.1) is 0 Å². The average Bonchev–Trinajstić information content (AvgIpc) is 2.97. The first kappa shape index (κ1) is 26.4. The second kappa shape index (κ2) is 13.0. The van der Waals surface area contributed by atoms with Gasteiger partial charge >= 0.3 is 6.03 Å². The third kappa shape index (κ3) is 7.20. The monoisotopic (exact) mass is 515 g/mol. The first-order chi connectivity index (χ1) is 18.7. The van der Waals surface area contributed by atoms with Gasteiger partial charge in [0, 0.05) is 30.8 Å². The fourth-order valence-electron chi connectivity index (χ4n) is 5.14. The number of aliphatic hydroxyl groups excluding tert-OH is 1. The van der Waals surface area contributed by atoms with Gasteiger partial charge < -0.3 is 30.1 Å². The SMILES string of the molecule is O=C(NCc1ccccc1)Nc1ccc(C2OC(CN3CCCCC3)CC(c3ccc(CO)cc3)O2)cc1. The van der Waals surface area contributed by atoms with Crippen LogP contribution in [0.1, 0.15) is 60.3 Å². The van der Waals surface area contributed by atoms with Gasteiger partial charge in [0.2, 0.25) is 0 Å². The summed E-state index contributed by atoms with van der Waals surface area (Å²) in [7, 11) is 0. The van der Waals surface area contributed by atoms with Crippen LogP contribution in [0.15, 0.2) is 78.9 Å². The normalized spacial score (nSPS) is 22.1. The van der Waals surface area contributed by atoms with Crippen molar-refractivity contribution in [3.63, 3.8) is 0 Å². The first-order valence-electron chi connectivity index (χ1n) is 13.6. The summed E-state index contributed by atoms with van der Waals surface area (Å²) >= 11 is 0. The lowest BCUT2D eigenvalue weighted by Gasteiger charge is -2.39.